The van der Waals surface area contributed by atoms with Crippen LogP contribution in [0.3, 0.4) is 0 Å². The van der Waals surface area contributed by atoms with Crippen LogP contribution in [-0.2, 0) is 11.4 Å². The molecule has 0 fully saturated rings. The van der Waals surface area contributed by atoms with Gasteiger partial charge in [-0.1, -0.05) is 54.1 Å². The highest BCUT2D eigenvalue weighted by atomic mass is 35.5. The van der Waals surface area contributed by atoms with Crippen LogP contribution in [0.2, 0.25) is 5.02 Å². The maximum atomic E-state index is 13.0. The van der Waals surface area contributed by atoms with Gasteiger partial charge in [0.1, 0.15) is 24.0 Å². The van der Waals surface area contributed by atoms with Crippen LogP contribution in [0.4, 0.5) is 11.4 Å². The summed E-state index contributed by atoms with van der Waals surface area (Å²) in [6.45, 7) is 0.322. The molecule has 0 aliphatic carbocycles. The highest BCUT2D eigenvalue weighted by molar-refractivity contribution is 6.30. The fourth-order valence-electron chi connectivity index (χ4n) is 3.63. The zero-order valence-electron chi connectivity index (χ0n) is 19.5. The molecule has 0 unspecified atom stereocenters. The number of nitrogens with zero attached hydrogens (tertiary/aromatic N) is 2. The highest BCUT2D eigenvalue weighted by Gasteiger charge is 2.14. The van der Waals surface area contributed by atoms with Crippen molar-refractivity contribution in [2.45, 2.75) is 6.61 Å². The number of nitrogens with one attached hydrogen (secondary N) is 1. The van der Waals surface area contributed by atoms with Crippen molar-refractivity contribution >= 4 is 45.7 Å². The summed E-state index contributed by atoms with van der Waals surface area (Å²) in [6, 6.07) is 28.5. The summed E-state index contributed by atoms with van der Waals surface area (Å²) in [5.74, 6) is 0.0937. The van der Waals surface area contributed by atoms with E-state index in [-0.39, 0.29) is 5.57 Å². The van der Waals surface area contributed by atoms with E-state index in [9.17, 15) is 10.1 Å². The second-order valence-electron chi connectivity index (χ2n) is 8.18. The summed E-state index contributed by atoms with van der Waals surface area (Å²) in [7, 11) is 3.89. The average molecular weight is 482 g/mol. The Balaban J connectivity index is 1.65. The molecule has 1 amide bonds. The van der Waals surface area contributed by atoms with Crippen LogP contribution in [0.25, 0.3) is 16.8 Å². The molecule has 174 valence electrons. The molecule has 0 aliphatic rings. The predicted molar refractivity (Wildman–Crippen MR) is 143 cm³/mol. The molecule has 4 rings (SSSR count). The summed E-state index contributed by atoms with van der Waals surface area (Å²) in [6.07, 6.45) is 1.59. The van der Waals surface area contributed by atoms with Crippen LogP contribution >= 0.6 is 11.6 Å². The second kappa shape index (κ2) is 10.8. The maximum absolute atomic E-state index is 13.0. The Hall–Kier alpha value is -4.27. The number of anilines is 2. The van der Waals surface area contributed by atoms with Crippen LogP contribution in [-0.4, -0.2) is 20.0 Å². The Kier molecular flexibility index (Phi) is 7.35. The number of fused-ring (bicyclic) bond motifs is 1. The fourth-order valence-corrected chi connectivity index (χ4v) is 3.75. The predicted octanol–water partition coefficient (Wildman–Crippen LogP) is 6.68. The molecule has 0 spiro atoms. The number of carbonyl (C=O) groups excluding carboxylic acids is 1. The minimum absolute atomic E-state index is 0.0191. The smallest absolute Gasteiger partial charge is 0.266 e. The molecule has 6 heteroatoms. The van der Waals surface area contributed by atoms with Crippen LogP contribution in [0.5, 0.6) is 5.75 Å². The number of ether oxygens (including phenoxy) is 1. The monoisotopic (exact) mass is 481 g/mol. The minimum atomic E-state index is -0.485. The van der Waals surface area contributed by atoms with Gasteiger partial charge in [0.2, 0.25) is 0 Å². The van der Waals surface area contributed by atoms with E-state index in [0.29, 0.717) is 28.6 Å². The average Bonchev–Trinajstić information content (AvgIpc) is 2.87. The first-order valence-corrected chi connectivity index (χ1v) is 11.4. The van der Waals surface area contributed by atoms with Crippen molar-refractivity contribution in [1.29, 1.82) is 5.26 Å². The van der Waals surface area contributed by atoms with Gasteiger partial charge in [0.15, 0.2) is 0 Å². The number of amides is 1. The van der Waals surface area contributed by atoms with E-state index in [1.165, 1.54) is 0 Å². The highest BCUT2D eigenvalue weighted by Crippen LogP contribution is 2.31. The second-order valence-corrected chi connectivity index (χ2v) is 8.62. The standard InChI is InChI=1S/C29H24ClN3O2/c1-33(2)25-14-12-24(13-15-25)32-29(34)22(18-31)17-27-26-6-4-3-5-21(26)9-16-28(27)35-19-20-7-10-23(30)11-8-20/h3-17H,19H2,1-2H3,(H,32,34)/b22-17-. The Labute approximate surface area is 209 Å². The third-order valence-corrected chi connectivity index (χ3v) is 5.79. The summed E-state index contributed by atoms with van der Waals surface area (Å²) in [5.41, 5.74) is 3.23. The van der Waals surface area contributed by atoms with E-state index < -0.39 is 5.91 Å². The lowest BCUT2D eigenvalue weighted by Crippen LogP contribution is -2.14. The zero-order chi connectivity index (χ0) is 24.8. The Morgan fingerprint density at radius 3 is 2.40 bits per heavy atom. The number of nitriles is 1. The normalized spacial score (nSPS) is 11.1. The van der Waals surface area contributed by atoms with Crippen LogP contribution in [0.1, 0.15) is 11.1 Å². The Morgan fingerprint density at radius 1 is 1.00 bits per heavy atom. The molecule has 0 aromatic heterocycles. The zero-order valence-corrected chi connectivity index (χ0v) is 20.2. The van der Waals surface area contributed by atoms with Gasteiger partial charge in [-0.15, -0.1) is 0 Å². The molecule has 0 saturated heterocycles. The van der Waals surface area contributed by atoms with Gasteiger partial charge >= 0.3 is 0 Å². The number of rotatable bonds is 7. The third kappa shape index (κ3) is 5.81. The molecular formula is C29H24ClN3O2. The van der Waals surface area contributed by atoms with Gasteiger partial charge in [0.05, 0.1) is 0 Å². The summed E-state index contributed by atoms with van der Waals surface area (Å²) in [5, 5.41) is 15.1. The van der Waals surface area contributed by atoms with E-state index in [0.717, 1.165) is 22.0 Å². The SMILES string of the molecule is CN(C)c1ccc(NC(=O)/C(C#N)=C\c2c(OCc3ccc(Cl)cc3)ccc3ccccc23)cc1. The molecule has 0 saturated carbocycles. The van der Waals surface area contributed by atoms with Crippen LogP contribution in [0, 0.1) is 11.3 Å². The number of benzene rings is 4. The lowest BCUT2D eigenvalue weighted by atomic mass is 10.0. The van der Waals surface area contributed by atoms with Gasteiger partial charge in [0, 0.05) is 36.1 Å². The molecule has 5 nitrogen and oxygen atoms in total. The van der Waals surface area contributed by atoms with E-state index in [4.69, 9.17) is 16.3 Å². The number of hydrogen-bond donors (Lipinski definition) is 1. The number of carbonyl (C=O) groups is 1. The molecule has 0 radical (unpaired) electrons. The van der Waals surface area contributed by atoms with Crippen molar-refractivity contribution in [2.24, 2.45) is 0 Å². The van der Waals surface area contributed by atoms with E-state index in [1.54, 1.807) is 18.2 Å². The van der Waals surface area contributed by atoms with Crippen molar-refractivity contribution in [3.05, 3.63) is 107 Å². The lowest BCUT2D eigenvalue weighted by Gasteiger charge is -2.14. The lowest BCUT2D eigenvalue weighted by molar-refractivity contribution is -0.112. The molecular weight excluding hydrogens is 458 g/mol. The van der Waals surface area contributed by atoms with Crippen molar-refractivity contribution in [3.8, 4) is 11.8 Å². The van der Waals surface area contributed by atoms with E-state index in [1.807, 2.05) is 97.9 Å². The van der Waals surface area contributed by atoms with Crippen LogP contribution < -0.4 is 15.0 Å². The van der Waals surface area contributed by atoms with Gasteiger partial charge in [-0.2, -0.15) is 5.26 Å². The number of halogens is 1. The first-order valence-electron chi connectivity index (χ1n) is 11.0. The van der Waals surface area contributed by atoms with Gasteiger partial charge in [-0.25, -0.2) is 0 Å². The van der Waals surface area contributed by atoms with Gasteiger partial charge < -0.3 is 15.0 Å². The van der Waals surface area contributed by atoms with E-state index in [2.05, 4.69) is 5.32 Å². The third-order valence-electron chi connectivity index (χ3n) is 5.53. The molecule has 4 aromatic rings. The molecule has 35 heavy (non-hydrogen) atoms. The molecule has 0 atom stereocenters. The minimum Gasteiger partial charge on any atom is -0.488 e. The van der Waals surface area contributed by atoms with Gasteiger partial charge in [0.25, 0.3) is 5.91 Å². The molecule has 0 aliphatic heterocycles. The van der Waals surface area contributed by atoms with Gasteiger partial charge in [-0.3, -0.25) is 4.79 Å². The maximum Gasteiger partial charge on any atom is 0.266 e. The molecule has 1 N–H and O–H groups in total. The fraction of sp³-hybridized carbons (Fsp3) is 0.103. The van der Waals surface area contributed by atoms with Crippen molar-refractivity contribution in [2.75, 3.05) is 24.3 Å². The van der Waals surface area contributed by atoms with Gasteiger partial charge in [-0.05, 0) is 64.9 Å². The summed E-state index contributed by atoms with van der Waals surface area (Å²) in [4.78, 5) is 14.9. The molecule has 0 heterocycles. The Bertz CT molecular complexity index is 1420. The van der Waals surface area contributed by atoms with Crippen molar-refractivity contribution < 1.29 is 9.53 Å². The molecule has 0 bridgehead atoms. The quantitative estimate of drug-likeness (QED) is 0.236. The largest absolute Gasteiger partial charge is 0.488 e. The van der Waals surface area contributed by atoms with Crippen LogP contribution in [0.15, 0.2) is 90.5 Å². The summed E-state index contributed by atoms with van der Waals surface area (Å²) >= 11 is 5.98. The van der Waals surface area contributed by atoms with Crippen molar-refractivity contribution in [1.82, 2.24) is 0 Å². The topological polar surface area (TPSA) is 65.4 Å². The first kappa shape index (κ1) is 23.9. The van der Waals surface area contributed by atoms with E-state index >= 15 is 0 Å². The van der Waals surface area contributed by atoms with Crippen molar-refractivity contribution in [3.63, 3.8) is 0 Å². The first-order chi connectivity index (χ1) is 16.9. The molecule has 4 aromatic carbocycles. The summed E-state index contributed by atoms with van der Waals surface area (Å²) < 4.78 is 6.12. The Morgan fingerprint density at radius 2 is 1.71 bits per heavy atom. The number of hydrogen-bond acceptors (Lipinski definition) is 4.